The third kappa shape index (κ3) is 1.85. The van der Waals surface area contributed by atoms with Crippen molar-refractivity contribution in [2.45, 2.75) is 30.8 Å². The van der Waals surface area contributed by atoms with Gasteiger partial charge in [-0.3, -0.25) is 11.1 Å². The molecule has 1 fully saturated rings. The Morgan fingerprint density at radius 3 is 2.72 bits per heavy atom. The van der Waals surface area contributed by atoms with E-state index in [1.807, 2.05) is 0 Å². The van der Waals surface area contributed by atoms with Crippen LogP contribution in [0.25, 0.3) is 0 Å². The van der Waals surface area contributed by atoms with Crippen molar-refractivity contribution in [2.24, 2.45) is 25.7 Å². The van der Waals surface area contributed by atoms with Crippen LogP contribution < -0.4 is 11.1 Å². The molecule has 1 atom stereocenters. The molecule has 1 saturated carbocycles. The van der Waals surface area contributed by atoms with Crippen LogP contribution in [0.4, 0.5) is 13.2 Å². The minimum atomic E-state index is -4.66. The van der Waals surface area contributed by atoms with Gasteiger partial charge in [0.15, 0.2) is 5.84 Å². The number of halogens is 3. The molecule has 0 saturated heterocycles. The fourth-order valence-electron chi connectivity index (χ4n) is 1.72. The molecule has 18 heavy (non-hydrogen) atoms. The minimum absolute atomic E-state index is 0.0656. The predicted octanol–water partition coefficient (Wildman–Crippen LogP) is 0.207. The molecule has 9 heteroatoms. The van der Waals surface area contributed by atoms with Crippen LogP contribution in [0.3, 0.4) is 0 Å². The van der Waals surface area contributed by atoms with Gasteiger partial charge in [0.25, 0.3) is 0 Å². The number of rotatable bonds is 2. The minimum Gasteiger partial charge on any atom is -0.289 e. The van der Waals surface area contributed by atoms with E-state index in [1.165, 1.54) is 0 Å². The van der Waals surface area contributed by atoms with E-state index >= 15 is 0 Å². The van der Waals surface area contributed by atoms with E-state index in [0.717, 1.165) is 19.2 Å². The van der Waals surface area contributed by atoms with E-state index in [-0.39, 0.29) is 17.6 Å². The molecule has 2 aliphatic heterocycles. The summed E-state index contributed by atoms with van der Waals surface area (Å²) in [5.41, 5.74) is 6.01. The summed E-state index contributed by atoms with van der Waals surface area (Å²) in [5, 5.41) is 2.84. The number of nitrogens with zero attached hydrogens (tertiary/aromatic N) is 4. The average Bonchev–Trinajstić information content (AvgIpc) is 2.92. The molecule has 6 nitrogen and oxygen atoms in total. The molecule has 0 aromatic carbocycles. The summed E-state index contributed by atoms with van der Waals surface area (Å²) in [6.45, 7) is 0. The van der Waals surface area contributed by atoms with E-state index in [9.17, 15) is 13.2 Å². The maximum Gasteiger partial charge on any atom is 0.451 e. The summed E-state index contributed by atoms with van der Waals surface area (Å²) in [6.07, 6.45) is -1.82. The third-order valence-corrected chi connectivity index (χ3v) is 2.69. The van der Waals surface area contributed by atoms with Crippen LogP contribution in [0.5, 0.6) is 0 Å². The van der Waals surface area contributed by atoms with Crippen molar-refractivity contribution in [1.82, 2.24) is 5.32 Å². The first-order chi connectivity index (χ1) is 8.38. The molecule has 0 aromatic rings. The third-order valence-electron chi connectivity index (χ3n) is 2.69. The lowest BCUT2D eigenvalue weighted by Gasteiger charge is -2.29. The van der Waals surface area contributed by atoms with Crippen molar-refractivity contribution in [3.63, 3.8) is 0 Å². The van der Waals surface area contributed by atoms with Gasteiger partial charge in [-0.1, -0.05) is 0 Å². The Kier molecular flexibility index (Phi) is 2.20. The number of amidine groups is 2. The number of nitrogens with one attached hydrogen (secondary N) is 1. The highest BCUT2D eigenvalue weighted by Gasteiger charge is 2.48. The van der Waals surface area contributed by atoms with Gasteiger partial charge in [0, 0.05) is 6.04 Å². The molecule has 3 N–H and O–H groups in total. The summed E-state index contributed by atoms with van der Waals surface area (Å²) in [5.74, 6) is -3.11. The highest BCUT2D eigenvalue weighted by atomic mass is 19.4. The second-order valence-corrected chi connectivity index (χ2v) is 4.28. The van der Waals surface area contributed by atoms with Crippen molar-refractivity contribution in [3.8, 4) is 0 Å². The fraction of sp³-hybridized carbons (Fsp3) is 0.556. The molecule has 0 amide bonds. The van der Waals surface area contributed by atoms with E-state index in [2.05, 4.69) is 25.3 Å². The Hall–Kier alpha value is -1.61. The SMILES string of the molecule is NC1(NC2CC2)N=C(C(F)(F)F)N=C2N=CN=C21. The Bertz CT molecular complexity index is 513. The Balaban J connectivity index is 2.01. The molecule has 1 unspecified atom stereocenters. The largest absolute Gasteiger partial charge is 0.451 e. The Morgan fingerprint density at radius 2 is 2.11 bits per heavy atom. The Labute approximate surface area is 99.6 Å². The molecule has 3 aliphatic rings. The molecule has 0 radical (unpaired) electrons. The quantitative estimate of drug-likeness (QED) is 0.693. The number of aliphatic imine (C=N–C) groups is 4. The summed E-state index contributed by atoms with van der Waals surface area (Å²) in [7, 11) is 0. The number of alkyl halides is 3. The van der Waals surface area contributed by atoms with Crippen LogP contribution in [-0.2, 0) is 0 Å². The first kappa shape index (κ1) is 11.5. The fourth-order valence-corrected chi connectivity index (χ4v) is 1.72. The topological polar surface area (TPSA) is 87.5 Å². The monoisotopic (exact) mass is 258 g/mol. The molecule has 0 spiro atoms. The van der Waals surface area contributed by atoms with Gasteiger partial charge in [-0.25, -0.2) is 20.0 Å². The Morgan fingerprint density at radius 1 is 1.39 bits per heavy atom. The lowest BCUT2D eigenvalue weighted by molar-refractivity contribution is -0.0604. The number of nitrogens with two attached hydrogens (primary N) is 1. The zero-order valence-electron chi connectivity index (χ0n) is 9.07. The van der Waals surface area contributed by atoms with Crippen LogP contribution in [0.2, 0.25) is 0 Å². The lowest BCUT2D eigenvalue weighted by Crippen LogP contribution is -2.63. The lowest BCUT2D eigenvalue weighted by atomic mass is 10.1. The van der Waals surface area contributed by atoms with Crippen molar-refractivity contribution < 1.29 is 13.2 Å². The van der Waals surface area contributed by atoms with Gasteiger partial charge in [0.1, 0.15) is 12.1 Å². The zero-order valence-corrected chi connectivity index (χ0v) is 9.07. The van der Waals surface area contributed by atoms with Crippen LogP contribution >= 0.6 is 0 Å². The van der Waals surface area contributed by atoms with Crippen molar-refractivity contribution in [2.75, 3.05) is 0 Å². The maximum absolute atomic E-state index is 12.7. The molecule has 0 aromatic heterocycles. The molecule has 96 valence electrons. The number of hydrogen-bond acceptors (Lipinski definition) is 6. The van der Waals surface area contributed by atoms with Crippen LogP contribution in [-0.4, -0.2) is 41.7 Å². The van der Waals surface area contributed by atoms with E-state index in [4.69, 9.17) is 5.73 Å². The van der Waals surface area contributed by atoms with Gasteiger partial charge in [0.2, 0.25) is 11.6 Å². The summed E-state index contributed by atoms with van der Waals surface area (Å²) in [4.78, 5) is 14.3. The molecule has 2 heterocycles. The highest BCUT2D eigenvalue weighted by Crippen LogP contribution is 2.28. The standard InChI is InChI=1S/C9H9F3N6/c10-8(11,12)7-16-6-5(14-3-15-6)9(13,18-7)17-4-1-2-4/h3-4,17H,1-2,13H2. The smallest absolute Gasteiger partial charge is 0.289 e. The van der Waals surface area contributed by atoms with Crippen LogP contribution in [0.1, 0.15) is 12.8 Å². The van der Waals surface area contributed by atoms with Gasteiger partial charge in [-0.2, -0.15) is 13.2 Å². The van der Waals surface area contributed by atoms with Gasteiger partial charge in [0.05, 0.1) is 0 Å². The second kappa shape index (κ2) is 3.45. The average molecular weight is 258 g/mol. The molecule has 1 aliphatic carbocycles. The zero-order chi connectivity index (χ0) is 13.0. The van der Waals surface area contributed by atoms with Crippen LogP contribution in [0.15, 0.2) is 20.0 Å². The van der Waals surface area contributed by atoms with Crippen molar-refractivity contribution >= 4 is 23.7 Å². The molecule has 0 bridgehead atoms. The molecular weight excluding hydrogens is 249 g/mol. The molecule has 3 rings (SSSR count). The van der Waals surface area contributed by atoms with E-state index in [0.29, 0.717) is 0 Å². The maximum atomic E-state index is 12.7. The van der Waals surface area contributed by atoms with Gasteiger partial charge >= 0.3 is 6.18 Å². The van der Waals surface area contributed by atoms with Gasteiger partial charge in [-0.15, -0.1) is 0 Å². The van der Waals surface area contributed by atoms with E-state index in [1.54, 1.807) is 0 Å². The van der Waals surface area contributed by atoms with Gasteiger partial charge < -0.3 is 0 Å². The number of hydrogen-bond donors (Lipinski definition) is 2. The number of fused-ring (bicyclic) bond motifs is 1. The normalized spacial score (nSPS) is 30.8. The predicted molar refractivity (Wildman–Crippen MR) is 59.9 cm³/mol. The summed E-state index contributed by atoms with van der Waals surface area (Å²) in [6, 6.07) is 0.0656. The first-order valence-corrected chi connectivity index (χ1v) is 5.32. The first-order valence-electron chi connectivity index (χ1n) is 5.32. The summed E-state index contributed by atoms with van der Waals surface area (Å²) >= 11 is 0. The highest BCUT2D eigenvalue weighted by molar-refractivity contribution is 6.51. The second-order valence-electron chi connectivity index (χ2n) is 4.28. The van der Waals surface area contributed by atoms with Crippen molar-refractivity contribution in [1.29, 1.82) is 0 Å². The van der Waals surface area contributed by atoms with Crippen molar-refractivity contribution in [3.05, 3.63) is 0 Å². The van der Waals surface area contributed by atoms with Gasteiger partial charge in [-0.05, 0) is 12.8 Å². The molecular formula is C9H9F3N6. The van der Waals surface area contributed by atoms with Crippen LogP contribution in [0, 0.1) is 0 Å². The van der Waals surface area contributed by atoms with E-state index < -0.39 is 17.8 Å². The summed E-state index contributed by atoms with van der Waals surface area (Å²) < 4.78 is 38.0.